The molecule has 0 aromatic heterocycles. The van der Waals surface area contributed by atoms with E-state index in [1.165, 1.54) is 13.0 Å². The Hall–Kier alpha value is -1.55. The van der Waals surface area contributed by atoms with E-state index in [-0.39, 0.29) is 23.8 Å². The van der Waals surface area contributed by atoms with Crippen molar-refractivity contribution in [2.75, 3.05) is 6.61 Å². The average Bonchev–Trinajstić information content (AvgIpc) is 2.36. The molecule has 0 bridgehead atoms. The second kappa shape index (κ2) is 6.75. The molecule has 0 spiro atoms. The van der Waals surface area contributed by atoms with Crippen LogP contribution in [0.25, 0.3) is 0 Å². The molecule has 0 saturated carbocycles. The summed E-state index contributed by atoms with van der Waals surface area (Å²) in [7, 11) is 0. The highest BCUT2D eigenvalue weighted by molar-refractivity contribution is 6.32. The molecule has 5 heteroatoms. The van der Waals surface area contributed by atoms with Crippen molar-refractivity contribution in [3.8, 4) is 5.75 Å². The minimum absolute atomic E-state index is 0.0686. The van der Waals surface area contributed by atoms with Crippen LogP contribution in [0.4, 0.5) is 0 Å². The van der Waals surface area contributed by atoms with Crippen molar-refractivity contribution in [2.24, 2.45) is 0 Å². The highest BCUT2D eigenvalue weighted by Crippen LogP contribution is 2.25. The fraction of sp³-hybridized carbons (Fsp3) is 0.467. The van der Waals surface area contributed by atoms with Gasteiger partial charge in [0.25, 0.3) is 5.91 Å². The van der Waals surface area contributed by atoms with Crippen LogP contribution in [-0.2, 0) is 4.79 Å². The van der Waals surface area contributed by atoms with Gasteiger partial charge in [-0.3, -0.25) is 9.59 Å². The maximum Gasteiger partial charge on any atom is 0.258 e. The van der Waals surface area contributed by atoms with Crippen LogP contribution in [-0.4, -0.2) is 23.8 Å². The van der Waals surface area contributed by atoms with E-state index in [2.05, 4.69) is 5.32 Å². The Kier molecular flexibility index (Phi) is 5.57. The molecular formula is C15H20ClNO3. The first-order chi connectivity index (χ1) is 9.25. The Morgan fingerprint density at radius 2 is 2.00 bits per heavy atom. The summed E-state index contributed by atoms with van der Waals surface area (Å²) in [5.41, 5.74) is 0.252. The molecule has 1 amide bonds. The molecule has 4 nitrogen and oxygen atoms in total. The molecule has 110 valence electrons. The van der Waals surface area contributed by atoms with Gasteiger partial charge in [-0.05, 0) is 45.4 Å². The molecule has 1 aromatic rings. The molecule has 0 fully saturated rings. The molecule has 0 saturated heterocycles. The van der Waals surface area contributed by atoms with Gasteiger partial charge in [-0.2, -0.15) is 0 Å². The highest BCUT2D eigenvalue weighted by atomic mass is 35.5. The Bertz CT molecular complexity index is 512. The van der Waals surface area contributed by atoms with Crippen molar-refractivity contribution < 1.29 is 14.3 Å². The van der Waals surface area contributed by atoms with E-state index in [0.717, 1.165) is 6.42 Å². The molecule has 1 N–H and O–H groups in total. The van der Waals surface area contributed by atoms with Crippen LogP contribution >= 0.6 is 11.6 Å². The Balaban J connectivity index is 2.62. The van der Waals surface area contributed by atoms with Crippen LogP contribution in [0.3, 0.4) is 0 Å². The molecule has 0 aliphatic rings. The average molecular weight is 298 g/mol. The number of Topliss-reactive ketones (excluding diaryl/α,β-unsaturated/α-hetero) is 1. The van der Waals surface area contributed by atoms with E-state index in [4.69, 9.17) is 16.3 Å². The first-order valence-electron chi connectivity index (χ1n) is 6.49. The number of hydrogen-bond donors (Lipinski definition) is 1. The molecule has 0 heterocycles. The number of ketones is 1. The third-order valence-electron chi connectivity index (χ3n) is 3.06. The number of benzene rings is 1. The molecule has 1 aromatic carbocycles. The second-order valence-electron chi connectivity index (χ2n) is 5.28. The lowest BCUT2D eigenvalue weighted by molar-refractivity contribution is -0.124. The summed E-state index contributed by atoms with van der Waals surface area (Å²) >= 11 is 6.01. The van der Waals surface area contributed by atoms with Crippen molar-refractivity contribution in [3.63, 3.8) is 0 Å². The van der Waals surface area contributed by atoms with Gasteiger partial charge in [-0.1, -0.05) is 18.5 Å². The van der Waals surface area contributed by atoms with Crippen LogP contribution in [0, 0.1) is 0 Å². The Morgan fingerprint density at radius 3 is 2.50 bits per heavy atom. The van der Waals surface area contributed by atoms with Gasteiger partial charge >= 0.3 is 0 Å². The quantitative estimate of drug-likeness (QED) is 0.820. The number of ether oxygens (including phenoxy) is 1. The molecule has 0 atom stereocenters. The summed E-state index contributed by atoms with van der Waals surface area (Å²) in [6.45, 7) is 7.24. The number of rotatable bonds is 6. The van der Waals surface area contributed by atoms with Crippen LogP contribution in [0.15, 0.2) is 18.2 Å². The molecule has 0 aliphatic heterocycles. The van der Waals surface area contributed by atoms with Gasteiger partial charge in [0.1, 0.15) is 5.75 Å². The third kappa shape index (κ3) is 4.85. The number of amides is 1. The van der Waals surface area contributed by atoms with Crippen LogP contribution < -0.4 is 10.1 Å². The van der Waals surface area contributed by atoms with Crippen molar-refractivity contribution in [1.82, 2.24) is 5.32 Å². The molecule has 20 heavy (non-hydrogen) atoms. The summed E-state index contributed by atoms with van der Waals surface area (Å²) in [5, 5.41) is 3.18. The lowest BCUT2D eigenvalue weighted by Crippen LogP contribution is -2.44. The molecule has 0 aliphatic carbocycles. The minimum atomic E-state index is -0.261. The van der Waals surface area contributed by atoms with Crippen LogP contribution in [0.1, 0.15) is 44.5 Å². The van der Waals surface area contributed by atoms with Crippen LogP contribution in [0.5, 0.6) is 5.75 Å². The van der Waals surface area contributed by atoms with E-state index >= 15 is 0 Å². The van der Waals surface area contributed by atoms with Crippen molar-refractivity contribution in [2.45, 2.75) is 39.7 Å². The van der Waals surface area contributed by atoms with Gasteiger partial charge in [-0.15, -0.1) is 0 Å². The van der Waals surface area contributed by atoms with E-state index in [1.54, 1.807) is 12.1 Å². The third-order valence-corrected chi connectivity index (χ3v) is 3.35. The summed E-state index contributed by atoms with van der Waals surface area (Å²) in [6.07, 6.45) is 0.826. The lowest BCUT2D eigenvalue weighted by Gasteiger charge is -2.24. The number of hydrogen-bond acceptors (Lipinski definition) is 3. The van der Waals surface area contributed by atoms with Crippen molar-refractivity contribution in [3.05, 3.63) is 28.8 Å². The number of carbonyl (C=O) groups excluding carboxylic acids is 2. The predicted octanol–water partition coefficient (Wildman–Crippen LogP) is 3.23. The summed E-state index contributed by atoms with van der Waals surface area (Å²) in [4.78, 5) is 22.9. The Labute approximate surface area is 124 Å². The van der Waals surface area contributed by atoms with Gasteiger partial charge in [-0.25, -0.2) is 0 Å². The topological polar surface area (TPSA) is 55.4 Å². The molecule has 1 rings (SSSR count). The predicted molar refractivity (Wildman–Crippen MR) is 79.5 cm³/mol. The van der Waals surface area contributed by atoms with Gasteiger partial charge in [0.2, 0.25) is 0 Å². The zero-order valence-electron chi connectivity index (χ0n) is 12.2. The van der Waals surface area contributed by atoms with E-state index in [1.807, 2.05) is 20.8 Å². The summed E-state index contributed by atoms with van der Waals surface area (Å²) in [5.74, 6) is 0.116. The normalized spacial score (nSPS) is 11.1. The Morgan fingerprint density at radius 1 is 1.35 bits per heavy atom. The SMILES string of the molecule is CCC(C)(C)NC(=O)COc1ccc(C(C)=O)cc1Cl. The van der Waals surface area contributed by atoms with Gasteiger partial charge < -0.3 is 10.1 Å². The van der Waals surface area contributed by atoms with Gasteiger partial charge in [0.15, 0.2) is 12.4 Å². The second-order valence-corrected chi connectivity index (χ2v) is 5.68. The van der Waals surface area contributed by atoms with Gasteiger partial charge in [0, 0.05) is 11.1 Å². The number of halogens is 1. The van der Waals surface area contributed by atoms with E-state index in [9.17, 15) is 9.59 Å². The largest absolute Gasteiger partial charge is 0.482 e. The minimum Gasteiger partial charge on any atom is -0.482 e. The summed E-state index contributed by atoms with van der Waals surface area (Å²) < 4.78 is 5.37. The highest BCUT2D eigenvalue weighted by Gasteiger charge is 2.18. The fourth-order valence-corrected chi connectivity index (χ4v) is 1.72. The molecule has 0 unspecified atom stereocenters. The monoisotopic (exact) mass is 297 g/mol. The fourth-order valence-electron chi connectivity index (χ4n) is 1.48. The maximum atomic E-state index is 11.7. The maximum absolute atomic E-state index is 11.7. The first-order valence-corrected chi connectivity index (χ1v) is 6.87. The molecule has 0 radical (unpaired) electrons. The number of carbonyl (C=O) groups is 2. The van der Waals surface area contributed by atoms with Crippen molar-refractivity contribution in [1.29, 1.82) is 0 Å². The standard InChI is InChI=1S/C15H20ClNO3/c1-5-15(3,4)17-14(19)9-20-13-7-6-11(10(2)18)8-12(13)16/h6-8H,5,9H2,1-4H3,(H,17,19). The summed E-state index contributed by atoms with van der Waals surface area (Å²) in [6, 6.07) is 4.75. The van der Waals surface area contributed by atoms with Gasteiger partial charge in [0.05, 0.1) is 5.02 Å². The smallest absolute Gasteiger partial charge is 0.258 e. The lowest BCUT2D eigenvalue weighted by atomic mass is 10.0. The number of nitrogens with one attached hydrogen (secondary N) is 1. The van der Waals surface area contributed by atoms with Crippen molar-refractivity contribution >= 4 is 23.3 Å². The zero-order chi connectivity index (χ0) is 15.3. The first kappa shape index (κ1) is 16.5. The van der Waals surface area contributed by atoms with E-state index < -0.39 is 0 Å². The zero-order valence-corrected chi connectivity index (χ0v) is 13.0. The van der Waals surface area contributed by atoms with Crippen LogP contribution in [0.2, 0.25) is 5.02 Å². The van der Waals surface area contributed by atoms with E-state index in [0.29, 0.717) is 16.3 Å². The molecular weight excluding hydrogens is 278 g/mol.